The maximum atomic E-state index is 6.28. The van der Waals surface area contributed by atoms with Crippen LogP contribution in [0.4, 0.5) is 0 Å². The second-order valence-electron chi connectivity index (χ2n) is 5.67. The molecule has 4 rings (SSSR count). The van der Waals surface area contributed by atoms with Gasteiger partial charge in [0.05, 0.1) is 13.2 Å². The van der Waals surface area contributed by atoms with E-state index >= 15 is 0 Å². The highest BCUT2D eigenvalue weighted by Crippen LogP contribution is 2.52. The van der Waals surface area contributed by atoms with Crippen LogP contribution in [0, 0.1) is 5.92 Å². The van der Waals surface area contributed by atoms with Gasteiger partial charge < -0.3 is 14.2 Å². The largest absolute Gasteiger partial charge is 0.497 e. The minimum Gasteiger partial charge on any atom is -0.497 e. The number of hydrogen-bond donors (Lipinski definition) is 0. The second-order valence-corrected chi connectivity index (χ2v) is 5.67. The van der Waals surface area contributed by atoms with Crippen LogP contribution in [0.1, 0.15) is 28.9 Å². The van der Waals surface area contributed by atoms with Gasteiger partial charge in [0.1, 0.15) is 17.6 Å². The van der Waals surface area contributed by atoms with Gasteiger partial charge in [0.2, 0.25) is 0 Å². The fraction of sp³-hybridized carbons (Fsp3) is 0.333. The normalized spacial score (nSPS) is 25.5. The minimum atomic E-state index is 0.0428. The van der Waals surface area contributed by atoms with Gasteiger partial charge in [0, 0.05) is 18.6 Å². The van der Waals surface area contributed by atoms with E-state index in [4.69, 9.17) is 14.2 Å². The van der Waals surface area contributed by atoms with Gasteiger partial charge in [0.25, 0.3) is 0 Å². The molecular weight excluding hydrogens is 264 g/mol. The average molecular weight is 282 g/mol. The van der Waals surface area contributed by atoms with Crippen LogP contribution < -0.4 is 9.47 Å². The van der Waals surface area contributed by atoms with E-state index in [1.54, 1.807) is 14.2 Å². The lowest BCUT2D eigenvalue weighted by Gasteiger charge is -2.35. The summed E-state index contributed by atoms with van der Waals surface area (Å²) in [5.74, 6) is 2.07. The van der Waals surface area contributed by atoms with E-state index in [9.17, 15) is 0 Å². The molecule has 21 heavy (non-hydrogen) atoms. The van der Waals surface area contributed by atoms with Crippen molar-refractivity contribution >= 4 is 0 Å². The Bertz CT molecular complexity index is 680. The lowest BCUT2D eigenvalue weighted by molar-refractivity contribution is -0.0201. The van der Waals surface area contributed by atoms with Crippen molar-refractivity contribution in [2.45, 2.75) is 18.6 Å². The van der Waals surface area contributed by atoms with E-state index in [-0.39, 0.29) is 12.2 Å². The molecular formula is C18H18O3. The molecule has 3 atom stereocenters. The Kier molecular flexibility index (Phi) is 2.89. The average Bonchev–Trinajstić information content (AvgIpc) is 2.90. The predicted octanol–water partition coefficient (Wildman–Crippen LogP) is 3.69. The minimum absolute atomic E-state index is 0.0428. The molecule has 3 heteroatoms. The molecule has 0 saturated heterocycles. The SMILES string of the molecule is COc1ccc2c(c1)[C@@H](OC)C1Cc3ccccc3C1O2. The summed E-state index contributed by atoms with van der Waals surface area (Å²) in [6.45, 7) is 0. The maximum Gasteiger partial charge on any atom is 0.130 e. The van der Waals surface area contributed by atoms with Crippen LogP contribution in [0.5, 0.6) is 11.5 Å². The molecule has 2 aromatic carbocycles. The van der Waals surface area contributed by atoms with Crippen LogP contribution >= 0.6 is 0 Å². The van der Waals surface area contributed by atoms with Gasteiger partial charge in [0.15, 0.2) is 0 Å². The number of hydrogen-bond acceptors (Lipinski definition) is 3. The number of rotatable bonds is 2. The Balaban J connectivity index is 1.81. The van der Waals surface area contributed by atoms with Gasteiger partial charge in [-0.15, -0.1) is 0 Å². The van der Waals surface area contributed by atoms with E-state index in [0.29, 0.717) is 5.92 Å². The Morgan fingerprint density at radius 1 is 1.05 bits per heavy atom. The smallest absolute Gasteiger partial charge is 0.130 e. The van der Waals surface area contributed by atoms with Crippen LogP contribution in [-0.2, 0) is 11.2 Å². The van der Waals surface area contributed by atoms with Crippen LogP contribution in [0.25, 0.3) is 0 Å². The summed E-state index contributed by atoms with van der Waals surface area (Å²) < 4.78 is 17.4. The standard InChI is InChI=1S/C18H18O3/c1-19-12-7-8-16-14(10-12)17(20-2)15-9-11-5-3-4-6-13(11)18(15)21-16/h3-8,10,15,17-18H,9H2,1-2H3/t15?,17-,18?/m1/s1. The van der Waals surface area contributed by atoms with E-state index < -0.39 is 0 Å². The summed E-state index contributed by atoms with van der Waals surface area (Å²) in [6, 6.07) is 14.5. The van der Waals surface area contributed by atoms with Gasteiger partial charge in [-0.25, -0.2) is 0 Å². The summed E-state index contributed by atoms with van der Waals surface area (Å²) >= 11 is 0. The Hall–Kier alpha value is -2.00. The molecule has 0 amide bonds. The molecule has 0 N–H and O–H groups in total. The summed E-state index contributed by atoms with van der Waals surface area (Å²) in [7, 11) is 3.46. The maximum absolute atomic E-state index is 6.28. The van der Waals surface area contributed by atoms with Gasteiger partial charge >= 0.3 is 0 Å². The van der Waals surface area contributed by atoms with E-state index in [1.165, 1.54) is 11.1 Å². The van der Waals surface area contributed by atoms with Crippen molar-refractivity contribution in [1.29, 1.82) is 0 Å². The van der Waals surface area contributed by atoms with Crippen molar-refractivity contribution in [1.82, 2.24) is 0 Å². The summed E-state index contributed by atoms with van der Waals surface area (Å²) in [4.78, 5) is 0. The van der Waals surface area contributed by atoms with Crippen molar-refractivity contribution in [3.8, 4) is 11.5 Å². The summed E-state index contributed by atoms with van der Waals surface area (Å²) in [5, 5.41) is 0. The molecule has 2 aromatic rings. The van der Waals surface area contributed by atoms with E-state index in [0.717, 1.165) is 23.5 Å². The highest BCUT2D eigenvalue weighted by molar-refractivity contribution is 5.47. The van der Waals surface area contributed by atoms with Gasteiger partial charge in [-0.05, 0) is 35.7 Å². The third-order valence-corrected chi connectivity index (χ3v) is 4.63. The number of ether oxygens (including phenoxy) is 3. The van der Waals surface area contributed by atoms with Crippen LogP contribution in [0.3, 0.4) is 0 Å². The summed E-state index contributed by atoms with van der Waals surface area (Å²) in [5.41, 5.74) is 3.76. The third kappa shape index (κ3) is 1.84. The number of benzene rings is 2. The van der Waals surface area contributed by atoms with Crippen LogP contribution in [0.2, 0.25) is 0 Å². The first-order valence-electron chi connectivity index (χ1n) is 7.27. The molecule has 3 nitrogen and oxygen atoms in total. The molecule has 0 fully saturated rings. The first-order valence-corrected chi connectivity index (χ1v) is 7.27. The van der Waals surface area contributed by atoms with E-state index in [2.05, 4.69) is 24.3 Å². The Labute approximate surface area is 124 Å². The van der Waals surface area contributed by atoms with Crippen molar-refractivity contribution in [3.05, 3.63) is 59.2 Å². The van der Waals surface area contributed by atoms with Gasteiger partial charge in [-0.3, -0.25) is 0 Å². The molecule has 0 aromatic heterocycles. The van der Waals surface area contributed by atoms with Gasteiger partial charge in [-0.2, -0.15) is 0 Å². The van der Waals surface area contributed by atoms with Crippen LogP contribution in [-0.4, -0.2) is 14.2 Å². The second kappa shape index (κ2) is 4.78. The monoisotopic (exact) mass is 282 g/mol. The van der Waals surface area contributed by atoms with Crippen molar-refractivity contribution in [2.24, 2.45) is 5.92 Å². The highest BCUT2D eigenvalue weighted by Gasteiger charge is 2.44. The first-order chi connectivity index (χ1) is 10.3. The Morgan fingerprint density at radius 3 is 2.71 bits per heavy atom. The molecule has 2 unspecified atom stereocenters. The quantitative estimate of drug-likeness (QED) is 0.840. The zero-order valence-electron chi connectivity index (χ0n) is 12.2. The molecule has 108 valence electrons. The first kappa shape index (κ1) is 12.7. The van der Waals surface area contributed by atoms with E-state index in [1.807, 2.05) is 18.2 Å². The zero-order chi connectivity index (χ0) is 14.4. The molecule has 1 aliphatic heterocycles. The highest BCUT2D eigenvalue weighted by atomic mass is 16.5. The van der Waals surface area contributed by atoms with Crippen molar-refractivity contribution in [3.63, 3.8) is 0 Å². The lowest BCUT2D eigenvalue weighted by atomic mass is 9.88. The molecule has 0 radical (unpaired) electrons. The van der Waals surface area contributed by atoms with Crippen molar-refractivity contribution in [2.75, 3.05) is 14.2 Å². The van der Waals surface area contributed by atoms with Crippen LogP contribution in [0.15, 0.2) is 42.5 Å². The van der Waals surface area contributed by atoms with Crippen molar-refractivity contribution < 1.29 is 14.2 Å². The third-order valence-electron chi connectivity index (χ3n) is 4.63. The van der Waals surface area contributed by atoms with Gasteiger partial charge in [-0.1, -0.05) is 24.3 Å². The summed E-state index contributed by atoms with van der Waals surface area (Å²) in [6.07, 6.45) is 1.13. The molecule has 0 spiro atoms. The topological polar surface area (TPSA) is 27.7 Å². The molecule has 2 aliphatic rings. The fourth-order valence-corrected chi connectivity index (χ4v) is 3.66. The number of methoxy groups -OCH3 is 2. The lowest BCUT2D eigenvalue weighted by Crippen LogP contribution is -2.28. The fourth-order valence-electron chi connectivity index (χ4n) is 3.66. The number of fused-ring (bicyclic) bond motifs is 4. The molecule has 0 saturated carbocycles. The molecule has 1 heterocycles. The zero-order valence-corrected chi connectivity index (χ0v) is 12.2. The molecule has 1 aliphatic carbocycles. The predicted molar refractivity (Wildman–Crippen MR) is 79.7 cm³/mol. The Morgan fingerprint density at radius 2 is 1.90 bits per heavy atom. The molecule has 0 bridgehead atoms.